The van der Waals surface area contributed by atoms with E-state index in [9.17, 15) is 4.39 Å². The van der Waals surface area contributed by atoms with E-state index in [0.29, 0.717) is 0 Å². The summed E-state index contributed by atoms with van der Waals surface area (Å²) < 4.78 is 14.2. The van der Waals surface area contributed by atoms with Crippen LogP contribution in [0.5, 0.6) is 0 Å². The number of nitrogens with zero attached hydrogens (tertiary/aromatic N) is 1. The van der Waals surface area contributed by atoms with Crippen molar-refractivity contribution in [3.8, 4) is 11.3 Å². The molecule has 0 unspecified atom stereocenters. The van der Waals surface area contributed by atoms with Crippen molar-refractivity contribution in [2.45, 2.75) is 0 Å². The zero-order valence-corrected chi connectivity index (χ0v) is 15.3. The summed E-state index contributed by atoms with van der Waals surface area (Å²) >= 11 is 3.49. The second-order valence-corrected chi connectivity index (χ2v) is 6.67. The van der Waals surface area contributed by atoms with Gasteiger partial charge in [-0.1, -0.05) is 30.3 Å². The molecule has 0 aliphatic heterocycles. The summed E-state index contributed by atoms with van der Waals surface area (Å²) in [4.78, 5) is 3.41. The summed E-state index contributed by atoms with van der Waals surface area (Å²) in [6.45, 7) is 0. The van der Waals surface area contributed by atoms with Crippen LogP contribution in [0.2, 0.25) is 0 Å². The van der Waals surface area contributed by atoms with Gasteiger partial charge in [-0.05, 0) is 64.0 Å². The SMILES string of the molecule is Fc1ccc(-c2[nH]c3ccccc3c2/C=N/Nc2ccccc2Br)cc1. The molecule has 0 atom stereocenters. The number of halogens is 2. The van der Waals surface area contributed by atoms with Crippen LogP contribution in [-0.4, -0.2) is 11.2 Å². The third-order valence-electron chi connectivity index (χ3n) is 4.13. The molecule has 0 aliphatic rings. The van der Waals surface area contributed by atoms with Crippen LogP contribution in [0.3, 0.4) is 0 Å². The molecule has 1 aromatic heterocycles. The second kappa shape index (κ2) is 7.14. The van der Waals surface area contributed by atoms with Crippen LogP contribution < -0.4 is 5.43 Å². The van der Waals surface area contributed by atoms with Crippen molar-refractivity contribution >= 4 is 38.7 Å². The highest BCUT2D eigenvalue weighted by atomic mass is 79.9. The minimum atomic E-state index is -0.254. The van der Waals surface area contributed by atoms with Gasteiger partial charge in [0.05, 0.1) is 17.6 Å². The first kappa shape index (κ1) is 16.5. The van der Waals surface area contributed by atoms with Gasteiger partial charge in [-0.15, -0.1) is 0 Å². The van der Waals surface area contributed by atoms with Gasteiger partial charge >= 0.3 is 0 Å². The van der Waals surface area contributed by atoms with Crippen LogP contribution in [0.25, 0.3) is 22.2 Å². The molecule has 3 nitrogen and oxygen atoms in total. The van der Waals surface area contributed by atoms with E-state index in [1.54, 1.807) is 18.3 Å². The Labute approximate surface area is 158 Å². The van der Waals surface area contributed by atoms with Crippen molar-refractivity contribution < 1.29 is 4.39 Å². The predicted molar refractivity (Wildman–Crippen MR) is 109 cm³/mol. The number of nitrogens with one attached hydrogen (secondary N) is 2. The number of H-pyrrole nitrogens is 1. The fourth-order valence-corrected chi connectivity index (χ4v) is 3.23. The standard InChI is InChI=1S/C21H15BrFN3/c22-18-6-2-4-8-20(18)26-24-13-17-16-5-1-3-7-19(16)25-21(17)14-9-11-15(23)12-10-14/h1-13,25-26H/b24-13+. The third-order valence-corrected chi connectivity index (χ3v) is 4.82. The number of hydrogen-bond donors (Lipinski definition) is 2. The average Bonchev–Trinajstić information content (AvgIpc) is 3.03. The molecule has 0 bridgehead atoms. The van der Waals surface area contributed by atoms with E-state index in [4.69, 9.17) is 0 Å². The number of fused-ring (bicyclic) bond motifs is 1. The van der Waals surface area contributed by atoms with Crippen molar-refractivity contribution in [2.24, 2.45) is 5.10 Å². The molecule has 1 heterocycles. The van der Waals surface area contributed by atoms with Gasteiger partial charge in [-0.2, -0.15) is 5.10 Å². The van der Waals surface area contributed by atoms with E-state index in [2.05, 4.69) is 31.4 Å². The number of aromatic amines is 1. The van der Waals surface area contributed by atoms with Crippen molar-refractivity contribution in [3.05, 3.63) is 88.6 Å². The van der Waals surface area contributed by atoms with Gasteiger partial charge in [-0.3, -0.25) is 5.43 Å². The normalized spacial score (nSPS) is 11.3. The summed E-state index contributed by atoms with van der Waals surface area (Å²) in [6.07, 6.45) is 1.79. The monoisotopic (exact) mass is 407 g/mol. The fourth-order valence-electron chi connectivity index (χ4n) is 2.86. The number of rotatable bonds is 4. The highest BCUT2D eigenvalue weighted by molar-refractivity contribution is 9.10. The Morgan fingerprint density at radius 1 is 0.923 bits per heavy atom. The molecule has 0 radical (unpaired) electrons. The number of para-hydroxylation sites is 2. The van der Waals surface area contributed by atoms with E-state index in [0.717, 1.165) is 37.9 Å². The lowest BCUT2D eigenvalue weighted by Gasteiger charge is -2.03. The largest absolute Gasteiger partial charge is 0.354 e. The molecule has 0 spiro atoms. The van der Waals surface area contributed by atoms with Gasteiger partial charge < -0.3 is 4.98 Å². The van der Waals surface area contributed by atoms with Crippen molar-refractivity contribution in [3.63, 3.8) is 0 Å². The summed E-state index contributed by atoms with van der Waals surface area (Å²) in [7, 11) is 0. The van der Waals surface area contributed by atoms with E-state index in [1.165, 1.54) is 12.1 Å². The summed E-state index contributed by atoms with van der Waals surface area (Å²) in [5.74, 6) is -0.254. The lowest BCUT2D eigenvalue weighted by molar-refractivity contribution is 0.628. The Balaban J connectivity index is 1.75. The Bertz CT molecular complexity index is 1080. The van der Waals surface area contributed by atoms with Crippen LogP contribution in [0.1, 0.15) is 5.56 Å². The van der Waals surface area contributed by atoms with Gasteiger partial charge in [0, 0.05) is 20.9 Å². The van der Waals surface area contributed by atoms with Crippen molar-refractivity contribution in [1.29, 1.82) is 0 Å². The van der Waals surface area contributed by atoms with Crippen LogP contribution in [-0.2, 0) is 0 Å². The molecule has 0 amide bonds. The third kappa shape index (κ3) is 3.26. The molecular weight excluding hydrogens is 393 g/mol. The Kier molecular flexibility index (Phi) is 4.54. The lowest BCUT2D eigenvalue weighted by atomic mass is 10.1. The molecule has 2 N–H and O–H groups in total. The molecular formula is C21H15BrFN3. The van der Waals surface area contributed by atoms with Crippen LogP contribution in [0, 0.1) is 5.82 Å². The topological polar surface area (TPSA) is 40.2 Å². The molecule has 5 heteroatoms. The number of hydrogen-bond acceptors (Lipinski definition) is 2. The summed E-state index contributed by atoms with van der Waals surface area (Å²) in [6, 6.07) is 22.3. The second-order valence-electron chi connectivity index (χ2n) is 5.82. The van der Waals surface area contributed by atoms with Gasteiger partial charge in [0.1, 0.15) is 5.82 Å². The van der Waals surface area contributed by atoms with Gasteiger partial charge in [-0.25, -0.2) is 4.39 Å². The lowest BCUT2D eigenvalue weighted by Crippen LogP contribution is -1.92. The first-order valence-electron chi connectivity index (χ1n) is 8.12. The van der Waals surface area contributed by atoms with Crippen molar-refractivity contribution in [1.82, 2.24) is 4.98 Å². The number of anilines is 1. The first-order chi connectivity index (χ1) is 12.7. The van der Waals surface area contributed by atoms with Gasteiger partial charge in [0.2, 0.25) is 0 Å². The van der Waals surface area contributed by atoms with Gasteiger partial charge in [0.25, 0.3) is 0 Å². The van der Waals surface area contributed by atoms with Crippen LogP contribution in [0.15, 0.2) is 82.4 Å². The minimum Gasteiger partial charge on any atom is -0.354 e. The fraction of sp³-hybridized carbons (Fsp3) is 0. The van der Waals surface area contributed by atoms with Crippen molar-refractivity contribution in [2.75, 3.05) is 5.43 Å². The molecule has 0 fully saturated rings. The Morgan fingerprint density at radius 3 is 2.46 bits per heavy atom. The van der Waals surface area contributed by atoms with E-state index in [-0.39, 0.29) is 5.82 Å². The molecule has 26 heavy (non-hydrogen) atoms. The summed E-state index contributed by atoms with van der Waals surface area (Å²) in [5.41, 5.74) is 7.71. The predicted octanol–water partition coefficient (Wildman–Crippen LogP) is 6.18. The first-order valence-corrected chi connectivity index (χ1v) is 8.92. The maximum Gasteiger partial charge on any atom is 0.123 e. The Hall–Kier alpha value is -2.92. The number of hydrazone groups is 1. The Morgan fingerprint density at radius 2 is 1.65 bits per heavy atom. The molecule has 128 valence electrons. The average molecular weight is 408 g/mol. The molecule has 0 aliphatic carbocycles. The van der Waals surface area contributed by atoms with E-state index >= 15 is 0 Å². The zero-order chi connectivity index (χ0) is 17.9. The smallest absolute Gasteiger partial charge is 0.123 e. The molecule has 3 aromatic carbocycles. The minimum absolute atomic E-state index is 0.254. The highest BCUT2D eigenvalue weighted by Crippen LogP contribution is 2.29. The molecule has 4 aromatic rings. The van der Waals surface area contributed by atoms with E-state index < -0.39 is 0 Å². The van der Waals surface area contributed by atoms with E-state index in [1.807, 2.05) is 48.5 Å². The van der Waals surface area contributed by atoms with Crippen LogP contribution >= 0.6 is 15.9 Å². The molecule has 0 saturated carbocycles. The maximum absolute atomic E-state index is 13.3. The quantitative estimate of drug-likeness (QED) is 0.307. The zero-order valence-electron chi connectivity index (χ0n) is 13.7. The molecule has 4 rings (SSSR count). The number of aromatic nitrogens is 1. The van der Waals surface area contributed by atoms with Crippen LogP contribution in [0.4, 0.5) is 10.1 Å². The maximum atomic E-state index is 13.3. The summed E-state index contributed by atoms with van der Waals surface area (Å²) in [5, 5.41) is 5.46. The highest BCUT2D eigenvalue weighted by Gasteiger charge is 2.11. The number of benzene rings is 3. The molecule has 0 saturated heterocycles. The van der Waals surface area contributed by atoms with Gasteiger partial charge in [0.15, 0.2) is 0 Å².